The Balaban J connectivity index is 2.46. The Morgan fingerprint density at radius 1 is 1.25 bits per heavy atom. The summed E-state index contributed by atoms with van der Waals surface area (Å²) in [6.45, 7) is 1.82. The predicted octanol–water partition coefficient (Wildman–Crippen LogP) is 5.57. The third-order valence-electron chi connectivity index (χ3n) is 2.62. The molecule has 2 nitrogen and oxygen atoms in total. The van der Waals surface area contributed by atoms with Gasteiger partial charge in [0.1, 0.15) is 5.82 Å². The molecule has 0 radical (unpaired) electrons. The highest BCUT2D eigenvalue weighted by Crippen LogP contribution is 2.38. The number of nitrogens with zero attached hydrogens (tertiary/aromatic N) is 1. The zero-order chi connectivity index (χ0) is 14.9. The molecule has 0 bridgehead atoms. The first-order valence-corrected chi connectivity index (χ1v) is 6.71. The van der Waals surface area contributed by atoms with Gasteiger partial charge in [-0.2, -0.15) is 13.2 Å². The minimum absolute atomic E-state index is 0.0270. The van der Waals surface area contributed by atoms with Crippen molar-refractivity contribution in [2.24, 2.45) is 0 Å². The summed E-state index contributed by atoms with van der Waals surface area (Å²) < 4.78 is 39.6. The molecule has 0 aliphatic heterocycles. The van der Waals surface area contributed by atoms with Crippen LogP contribution in [0.1, 0.15) is 11.1 Å². The molecule has 106 valence electrons. The fraction of sp³-hybridized carbons (Fsp3) is 0.154. The van der Waals surface area contributed by atoms with Crippen LogP contribution < -0.4 is 5.32 Å². The van der Waals surface area contributed by atoms with Gasteiger partial charge in [-0.25, -0.2) is 4.98 Å². The number of rotatable bonds is 2. The number of hydrogen-bond donors (Lipinski definition) is 1. The fourth-order valence-corrected chi connectivity index (χ4v) is 2.12. The molecule has 2 aromatic rings. The van der Waals surface area contributed by atoms with Crippen LogP contribution in [0.3, 0.4) is 0 Å². The van der Waals surface area contributed by atoms with Crippen molar-refractivity contribution in [2.45, 2.75) is 13.1 Å². The van der Waals surface area contributed by atoms with Crippen LogP contribution in [0.15, 0.2) is 34.9 Å². The molecule has 1 heterocycles. The lowest BCUT2D eigenvalue weighted by Crippen LogP contribution is -2.09. The van der Waals surface area contributed by atoms with E-state index >= 15 is 0 Å². The smallest absolute Gasteiger partial charge is 0.339 e. The van der Waals surface area contributed by atoms with Crippen molar-refractivity contribution in [3.63, 3.8) is 0 Å². The SMILES string of the molecule is Cc1ccnc(Nc2ccc(Cl)cc2C(F)(F)F)c1Br. The molecule has 20 heavy (non-hydrogen) atoms. The number of anilines is 2. The summed E-state index contributed by atoms with van der Waals surface area (Å²) in [4.78, 5) is 4.02. The number of pyridine rings is 1. The summed E-state index contributed by atoms with van der Waals surface area (Å²) in [6.07, 6.45) is -2.98. The standard InChI is InChI=1S/C13H9BrClF3N2/c1-7-4-5-19-12(11(7)14)20-10-3-2-8(15)6-9(10)13(16,17)18/h2-6H,1H3,(H,19,20). The molecule has 0 aliphatic rings. The summed E-state index contributed by atoms with van der Waals surface area (Å²) in [7, 11) is 0. The van der Waals surface area contributed by atoms with Gasteiger partial charge in [-0.15, -0.1) is 0 Å². The van der Waals surface area contributed by atoms with Crippen LogP contribution in [0.4, 0.5) is 24.7 Å². The number of nitrogens with one attached hydrogen (secondary N) is 1. The molecule has 0 saturated carbocycles. The molecule has 0 saturated heterocycles. The molecule has 0 spiro atoms. The van der Waals surface area contributed by atoms with Crippen molar-refractivity contribution in [2.75, 3.05) is 5.32 Å². The number of hydrogen-bond acceptors (Lipinski definition) is 2. The highest BCUT2D eigenvalue weighted by atomic mass is 79.9. The topological polar surface area (TPSA) is 24.9 Å². The zero-order valence-corrected chi connectivity index (χ0v) is 12.6. The van der Waals surface area contributed by atoms with Gasteiger partial charge in [0.2, 0.25) is 0 Å². The van der Waals surface area contributed by atoms with Gasteiger partial charge in [-0.3, -0.25) is 0 Å². The van der Waals surface area contributed by atoms with E-state index in [0.717, 1.165) is 11.6 Å². The highest BCUT2D eigenvalue weighted by Gasteiger charge is 2.34. The van der Waals surface area contributed by atoms with E-state index in [-0.39, 0.29) is 10.7 Å². The average molecular weight is 366 g/mol. The van der Waals surface area contributed by atoms with E-state index in [1.165, 1.54) is 18.3 Å². The second-order valence-electron chi connectivity index (χ2n) is 4.10. The van der Waals surface area contributed by atoms with E-state index in [0.29, 0.717) is 10.3 Å². The lowest BCUT2D eigenvalue weighted by molar-refractivity contribution is -0.136. The van der Waals surface area contributed by atoms with Crippen LogP contribution in [0.5, 0.6) is 0 Å². The second kappa shape index (κ2) is 5.61. The molecule has 2 rings (SSSR count). The van der Waals surface area contributed by atoms with Crippen molar-refractivity contribution in [1.82, 2.24) is 4.98 Å². The van der Waals surface area contributed by atoms with Crippen molar-refractivity contribution >= 4 is 39.0 Å². The van der Waals surface area contributed by atoms with E-state index in [9.17, 15) is 13.2 Å². The number of halogens is 5. The van der Waals surface area contributed by atoms with Gasteiger partial charge < -0.3 is 5.32 Å². The van der Waals surface area contributed by atoms with Crippen molar-refractivity contribution in [3.8, 4) is 0 Å². The van der Waals surface area contributed by atoms with Gasteiger partial charge >= 0.3 is 6.18 Å². The quantitative estimate of drug-likeness (QED) is 0.753. The van der Waals surface area contributed by atoms with Crippen LogP contribution in [-0.4, -0.2) is 4.98 Å². The molecule has 0 fully saturated rings. The third kappa shape index (κ3) is 3.24. The molecule has 0 unspecified atom stereocenters. The lowest BCUT2D eigenvalue weighted by atomic mass is 10.1. The van der Waals surface area contributed by atoms with Crippen LogP contribution in [0.25, 0.3) is 0 Å². The molecule has 1 aromatic carbocycles. The van der Waals surface area contributed by atoms with Gasteiger partial charge in [0.25, 0.3) is 0 Å². The third-order valence-corrected chi connectivity index (χ3v) is 3.86. The Labute approximate surface area is 127 Å². The Morgan fingerprint density at radius 3 is 2.60 bits per heavy atom. The van der Waals surface area contributed by atoms with Gasteiger partial charge in [-0.1, -0.05) is 11.6 Å². The van der Waals surface area contributed by atoms with E-state index in [4.69, 9.17) is 11.6 Å². The summed E-state index contributed by atoms with van der Waals surface area (Å²) >= 11 is 8.92. The largest absolute Gasteiger partial charge is 0.418 e. The molecule has 0 atom stereocenters. The van der Waals surface area contributed by atoms with Crippen molar-refractivity contribution in [3.05, 3.63) is 51.1 Å². The van der Waals surface area contributed by atoms with Gasteiger partial charge in [-0.05, 0) is 52.7 Å². The first-order valence-electron chi connectivity index (χ1n) is 5.54. The fourth-order valence-electron chi connectivity index (χ4n) is 1.61. The second-order valence-corrected chi connectivity index (χ2v) is 5.33. The Morgan fingerprint density at radius 2 is 1.95 bits per heavy atom. The van der Waals surface area contributed by atoms with Crippen molar-refractivity contribution in [1.29, 1.82) is 0 Å². The molecule has 0 amide bonds. The highest BCUT2D eigenvalue weighted by molar-refractivity contribution is 9.10. The Bertz CT molecular complexity index is 644. The van der Waals surface area contributed by atoms with E-state index < -0.39 is 11.7 Å². The van der Waals surface area contributed by atoms with E-state index in [1.807, 2.05) is 6.92 Å². The maximum Gasteiger partial charge on any atom is 0.418 e. The molecular weight excluding hydrogens is 357 g/mol. The number of benzene rings is 1. The van der Waals surface area contributed by atoms with Crippen LogP contribution in [-0.2, 0) is 6.18 Å². The predicted molar refractivity (Wildman–Crippen MR) is 76.4 cm³/mol. The van der Waals surface area contributed by atoms with Crippen LogP contribution >= 0.6 is 27.5 Å². The number of alkyl halides is 3. The van der Waals surface area contributed by atoms with Gasteiger partial charge in [0, 0.05) is 11.2 Å². The summed E-state index contributed by atoms with van der Waals surface area (Å²) in [6, 6.07) is 5.31. The zero-order valence-electron chi connectivity index (χ0n) is 10.2. The van der Waals surface area contributed by atoms with Gasteiger partial charge in [0.05, 0.1) is 15.7 Å². The maximum atomic E-state index is 13.0. The normalized spacial score (nSPS) is 11.5. The molecule has 0 aliphatic carbocycles. The van der Waals surface area contributed by atoms with Crippen LogP contribution in [0.2, 0.25) is 5.02 Å². The van der Waals surface area contributed by atoms with Crippen molar-refractivity contribution < 1.29 is 13.2 Å². The Kier molecular flexibility index (Phi) is 4.25. The summed E-state index contributed by atoms with van der Waals surface area (Å²) in [5.74, 6) is 0.317. The Hall–Kier alpha value is -1.27. The minimum atomic E-state index is -4.50. The molecule has 1 N–H and O–H groups in total. The van der Waals surface area contributed by atoms with Gasteiger partial charge in [0.15, 0.2) is 0 Å². The van der Waals surface area contributed by atoms with Crippen LogP contribution in [0, 0.1) is 6.92 Å². The van der Waals surface area contributed by atoms with E-state index in [2.05, 4.69) is 26.2 Å². The lowest BCUT2D eigenvalue weighted by Gasteiger charge is -2.15. The molecule has 7 heteroatoms. The monoisotopic (exact) mass is 364 g/mol. The van der Waals surface area contributed by atoms with E-state index in [1.54, 1.807) is 6.07 Å². The molecule has 1 aromatic heterocycles. The maximum absolute atomic E-state index is 13.0. The summed E-state index contributed by atoms with van der Waals surface area (Å²) in [5.41, 5.74) is -0.0640. The first kappa shape index (κ1) is 15.1. The summed E-state index contributed by atoms with van der Waals surface area (Å²) in [5, 5.41) is 2.71. The number of aryl methyl sites for hydroxylation is 1. The first-order chi connectivity index (χ1) is 9.29. The minimum Gasteiger partial charge on any atom is -0.339 e. The number of aromatic nitrogens is 1. The molecular formula is C13H9BrClF3N2. The average Bonchev–Trinajstić information content (AvgIpc) is 2.36.